The first-order chi connectivity index (χ1) is 12.7. The van der Waals surface area contributed by atoms with Crippen LogP contribution in [0.15, 0.2) is 59.5 Å². The van der Waals surface area contributed by atoms with Gasteiger partial charge < -0.3 is 10.2 Å². The fourth-order valence-electron chi connectivity index (χ4n) is 2.61. The van der Waals surface area contributed by atoms with Crippen molar-refractivity contribution in [3.63, 3.8) is 0 Å². The normalized spacial score (nSPS) is 13.0. The van der Waals surface area contributed by atoms with Crippen molar-refractivity contribution in [2.45, 2.75) is 10.9 Å². The second-order valence-corrected chi connectivity index (χ2v) is 8.89. The molecule has 0 radical (unpaired) electrons. The molecule has 0 spiro atoms. The van der Waals surface area contributed by atoms with Crippen molar-refractivity contribution in [1.29, 1.82) is 0 Å². The average Bonchev–Trinajstić information content (AvgIpc) is 2.62. The summed E-state index contributed by atoms with van der Waals surface area (Å²) in [4.78, 5) is 14.4. The highest BCUT2D eigenvalue weighted by molar-refractivity contribution is 7.89. The quantitative estimate of drug-likeness (QED) is 0.726. The van der Waals surface area contributed by atoms with Crippen LogP contribution in [0.4, 0.5) is 0 Å². The van der Waals surface area contributed by atoms with Crippen molar-refractivity contribution >= 4 is 27.5 Å². The number of sulfonamides is 1. The van der Waals surface area contributed by atoms with Gasteiger partial charge in [0, 0.05) is 18.6 Å². The Hall–Kier alpha value is -1.93. The molecule has 2 aromatic carbocycles. The van der Waals surface area contributed by atoms with Gasteiger partial charge in [0.1, 0.15) is 0 Å². The minimum atomic E-state index is -3.75. The SMILES string of the molecule is CN(C)[C@H](CNC(=O)CN(C)S(=O)(=O)c1ccc(Cl)cc1)c1ccccc1. The molecule has 0 saturated heterocycles. The van der Waals surface area contributed by atoms with Crippen molar-refractivity contribution < 1.29 is 13.2 Å². The molecule has 8 heteroatoms. The molecule has 0 fully saturated rings. The summed E-state index contributed by atoms with van der Waals surface area (Å²) in [6, 6.07) is 15.7. The average molecular weight is 410 g/mol. The van der Waals surface area contributed by atoms with E-state index >= 15 is 0 Å². The first kappa shape index (κ1) is 21.4. The van der Waals surface area contributed by atoms with Crippen molar-refractivity contribution in [2.24, 2.45) is 0 Å². The van der Waals surface area contributed by atoms with Crippen LogP contribution in [0.25, 0.3) is 0 Å². The van der Waals surface area contributed by atoms with Crippen molar-refractivity contribution in [3.05, 3.63) is 65.2 Å². The molecule has 1 amide bonds. The molecule has 2 rings (SSSR count). The number of carbonyl (C=O) groups is 1. The Labute approximate surface area is 165 Å². The number of rotatable bonds is 8. The third-order valence-corrected chi connectivity index (χ3v) is 6.26. The monoisotopic (exact) mass is 409 g/mol. The van der Waals surface area contributed by atoms with Crippen LogP contribution in [0, 0.1) is 0 Å². The number of benzene rings is 2. The van der Waals surface area contributed by atoms with Gasteiger partial charge in [0.05, 0.1) is 17.5 Å². The van der Waals surface area contributed by atoms with Gasteiger partial charge in [-0.05, 0) is 43.9 Å². The maximum Gasteiger partial charge on any atom is 0.243 e. The zero-order valence-electron chi connectivity index (χ0n) is 15.6. The van der Waals surface area contributed by atoms with E-state index in [1.807, 2.05) is 49.3 Å². The van der Waals surface area contributed by atoms with E-state index in [0.29, 0.717) is 11.6 Å². The highest BCUT2D eigenvalue weighted by atomic mass is 35.5. The fourth-order valence-corrected chi connectivity index (χ4v) is 3.87. The Morgan fingerprint density at radius 3 is 2.19 bits per heavy atom. The van der Waals surface area contributed by atoms with Gasteiger partial charge in [-0.15, -0.1) is 0 Å². The Balaban J connectivity index is 1.99. The summed E-state index contributed by atoms with van der Waals surface area (Å²) in [5.74, 6) is -0.363. The third kappa shape index (κ3) is 5.77. The third-order valence-electron chi connectivity index (χ3n) is 4.19. The molecular formula is C19H24ClN3O3S. The molecule has 0 unspecified atom stereocenters. The van der Waals surface area contributed by atoms with Crippen LogP contribution in [0.3, 0.4) is 0 Å². The van der Waals surface area contributed by atoms with Gasteiger partial charge in [0.15, 0.2) is 0 Å². The molecular weight excluding hydrogens is 386 g/mol. The smallest absolute Gasteiger partial charge is 0.243 e. The molecule has 0 heterocycles. The second-order valence-electron chi connectivity index (χ2n) is 6.41. The van der Waals surface area contributed by atoms with Crippen LogP contribution in [0.2, 0.25) is 5.02 Å². The standard InChI is InChI=1S/C19H24ClN3O3S/c1-22(2)18(15-7-5-4-6-8-15)13-21-19(24)14-23(3)27(25,26)17-11-9-16(20)10-12-17/h4-12,18H,13-14H2,1-3H3,(H,21,24)/t18-/m1/s1. The lowest BCUT2D eigenvalue weighted by atomic mass is 10.1. The van der Waals surface area contributed by atoms with Gasteiger partial charge in [-0.25, -0.2) is 8.42 Å². The Kier molecular flexibility index (Phi) is 7.38. The second kappa shape index (κ2) is 9.32. The molecule has 6 nitrogen and oxygen atoms in total. The van der Waals surface area contributed by atoms with Crippen LogP contribution in [-0.2, 0) is 14.8 Å². The van der Waals surface area contributed by atoms with Crippen LogP contribution in [0.1, 0.15) is 11.6 Å². The van der Waals surface area contributed by atoms with Crippen LogP contribution < -0.4 is 5.32 Å². The zero-order chi connectivity index (χ0) is 20.0. The highest BCUT2D eigenvalue weighted by Gasteiger charge is 2.23. The first-order valence-corrected chi connectivity index (χ1v) is 10.2. The maximum atomic E-state index is 12.5. The molecule has 0 bridgehead atoms. The van der Waals surface area contributed by atoms with Crippen LogP contribution >= 0.6 is 11.6 Å². The number of nitrogens with zero attached hydrogens (tertiary/aromatic N) is 2. The lowest BCUT2D eigenvalue weighted by Gasteiger charge is -2.25. The van der Waals surface area contributed by atoms with E-state index in [1.165, 1.54) is 31.3 Å². The maximum absolute atomic E-state index is 12.5. The number of amides is 1. The Morgan fingerprint density at radius 1 is 1.04 bits per heavy atom. The number of nitrogens with one attached hydrogen (secondary N) is 1. The summed E-state index contributed by atoms with van der Waals surface area (Å²) in [6.45, 7) is 0.116. The van der Waals surface area contributed by atoms with E-state index in [2.05, 4.69) is 5.32 Å². The summed E-state index contributed by atoms with van der Waals surface area (Å²) in [5, 5.41) is 3.27. The predicted molar refractivity (Wildman–Crippen MR) is 107 cm³/mol. The van der Waals surface area contributed by atoms with E-state index in [0.717, 1.165) is 9.87 Å². The number of carbonyl (C=O) groups excluding carboxylic acids is 1. The molecule has 0 aliphatic carbocycles. The summed E-state index contributed by atoms with van der Waals surface area (Å²) in [6.07, 6.45) is 0. The highest BCUT2D eigenvalue weighted by Crippen LogP contribution is 2.18. The minimum absolute atomic E-state index is 0.00618. The van der Waals surface area contributed by atoms with Gasteiger partial charge in [0.2, 0.25) is 15.9 Å². The molecule has 0 aromatic heterocycles. The van der Waals surface area contributed by atoms with Crippen molar-refractivity contribution in [3.8, 4) is 0 Å². The molecule has 0 aliphatic heterocycles. The molecule has 0 saturated carbocycles. The molecule has 2 aromatic rings. The lowest BCUT2D eigenvalue weighted by molar-refractivity contribution is -0.121. The molecule has 27 heavy (non-hydrogen) atoms. The fraction of sp³-hybridized carbons (Fsp3) is 0.316. The summed E-state index contributed by atoms with van der Waals surface area (Å²) >= 11 is 5.80. The summed E-state index contributed by atoms with van der Waals surface area (Å²) < 4.78 is 26.1. The van der Waals surface area contributed by atoms with E-state index in [4.69, 9.17) is 11.6 Å². The van der Waals surface area contributed by atoms with E-state index in [-0.39, 0.29) is 23.4 Å². The molecule has 1 N–H and O–H groups in total. The van der Waals surface area contributed by atoms with Crippen LogP contribution in [-0.4, -0.2) is 57.8 Å². The van der Waals surface area contributed by atoms with Gasteiger partial charge in [-0.3, -0.25) is 4.79 Å². The van der Waals surface area contributed by atoms with E-state index in [9.17, 15) is 13.2 Å². The van der Waals surface area contributed by atoms with Crippen LogP contribution in [0.5, 0.6) is 0 Å². The first-order valence-electron chi connectivity index (χ1n) is 8.42. The summed E-state index contributed by atoms with van der Waals surface area (Å²) in [5.41, 5.74) is 1.07. The number of hydrogen-bond donors (Lipinski definition) is 1. The molecule has 146 valence electrons. The van der Waals surface area contributed by atoms with Gasteiger partial charge in [-0.1, -0.05) is 41.9 Å². The number of halogens is 1. The predicted octanol–water partition coefficient (Wildman–Crippen LogP) is 2.38. The summed E-state index contributed by atoms with van der Waals surface area (Å²) in [7, 11) is 1.49. The lowest BCUT2D eigenvalue weighted by Crippen LogP contribution is -2.41. The van der Waals surface area contributed by atoms with Gasteiger partial charge in [0.25, 0.3) is 0 Å². The number of hydrogen-bond acceptors (Lipinski definition) is 4. The van der Waals surface area contributed by atoms with E-state index in [1.54, 1.807) is 0 Å². The van der Waals surface area contributed by atoms with Crippen molar-refractivity contribution in [1.82, 2.24) is 14.5 Å². The molecule has 1 atom stereocenters. The Bertz CT molecular complexity index is 856. The van der Waals surface area contributed by atoms with Gasteiger partial charge >= 0.3 is 0 Å². The van der Waals surface area contributed by atoms with E-state index < -0.39 is 10.0 Å². The zero-order valence-corrected chi connectivity index (χ0v) is 17.2. The topological polar surface area (TPSA) is 69.7 Å². The minimum Gasteiger partial charge on any atom is -0.353 e. The number of likely N-dealkylation sites (N-methyl/N-ethyl adjacent to an activating group) is 2. The van der Waals surface area contributed by atoms with Gasteiger partial charge in [-0.2, -0.15) is 4.31 Å². The Morgan fingerprint density at radius 2 is 1.63 bits per heavy atom. The van der Waals surface area contributed by atoms with Crippen molar-refractivity contribution in [2.75, 3.05) is 34.2 Å². The molecule has 0 aliphatic rings. The largest absolute Gasteiger partial charge is 0.353 e.